The fourth-order valence-electron chi connectivity index (χ4n) is 4.21. The lowest BCUT2D eigenvalue weighted by atomic mass is 10.1. The summed E-state index contributed by atoms with van der Waals surface area (Å²) in [7, 11) is 4.07. The largest absolute Gasteiger partial charge is 0.329 e. The zero-order chi connectivity index (χ0) is 23.4. The van der Waals surface area contributed by atoms with Crippen molar-refractivity contribution in [1.29, 1.82) is 0 Å². The van der Waals surface area contributed by atoms with E-state index in [-0.39, 0.29) is 18.0 Å². The highest BCUT2D eigenvalue weighted by Gasteiger charge is 2.45. The summed E-state index contributed by atoms with van der Waals surface area (Å²) >= 11 is 0. The summed E-state index contributed by atoms with van der Waals surface area (Å²) in [6, 6.07) is -0.419. The molecule has 0 aromatic heterocycles. The number of amides is 3. The van der Waals surface area contributed by atoms with E-state index in [1.807, 2.05) is 11.9 Å². The molecule has 0 N–H and O–H groups in total. The van der Waals surface area contributed by atoms with Gasteiger partial charge in [-0.05, 0) is 71.1 Å². The van der Waals surface area contributed by atoms with Crippen LogP contribution in [0, 0.1) is 11.8 Å². The van der Waals surface area contributed by atoms with Crippen molar-refractivity contribution in [1.82, 2.24) is 19.6 Å². The molecular weight excluding hydrogens is 388 g/mol. The summed E-state index contributed by atoms with van der Waals surface area (Å²) in [6.07, 6.45) is 9.83. The zero-order valence-corrected chi connectivity index (χ0v) is 21.5. The van der Waals surface area contributed by atoms with Gasteiger partial charge in [0.05, 0.1) is 13.3 Å². The third-order valence-corrected chi connectivity index (χ3v) is 6.15. The smallest absolute Gasteiger partial charge is 0.299 e. The molecule has 0 radical (unpaired) electrons. The maximum Gasteiger partial charge on any atom is 0.329 e. The van der Waals surface area contributed by atoms with E-state index in [1.54, 1.807) is 0 Å². The van der Waals surface area contributed by atoms with Crippen molar-refractivity contribution in [3.63, 3.8) is 0 Å². The number of carbonyl (C=O) groups is 2. The molecule has 1 saturated heterocycles. The van der Waals surface area contributed by atoms with E-state index in [0.29, 0.717) is 25.2 Å². The SMILES string of the molecule is CCCCCCC1C(=O)N(CN(C)CCCC(C)C)C(=O)N1CN(C)CCCC(C)C. The van der Waals surface area contributed by atoms with E-state index in [0.717, 1.165) is 45.2 Å². The average molecular weight is 439 g/mol. The molecule has 1 heterocycles. The Balaban J connectivity index is 2.73. The van der Waals surface area contributed by atoms with Crippen LogP contribution in [-0.4, -0.2) is 78.1 Å². The van der Waals surface area contributed by atoms with Crippen molar-refractivity contribution >= 4 is 11.9 Å². The van der Waals surface area contributed by atoms with Gasteiger partial charge in [0.2, 0.25) is 0 Å². The van der Waals surface area contributed by atoms with Crippen molar-refractivity contribution in [2.45, 2.75) is 98.4 Å². The van der Waals surface area contributed by atoms with Gasteiger partial charge >= 0.3 is 6.03 Å². The van der Waals surface area contributed by atoms with Gasteiger partial charge in [-0.25, -0.2) is 9.69 Å². The van der Waals surface area contributed by atoms with Gasteiger partial charge in [0, 0.05) is 0 Å². The van der Waals surface area contributed by atoms with E-state index >= 15 is 0 Å². The van der Waals surface area contributed by atoms with Gasteiger partial charge in [0.25, 0.3) is 5.91 Å². The molecule has 1 unspecified atom stereocenters. The second-order valence-corrected chi connectivity index (χ2v) is 10.4. The first kappa shape index (κ1) is 27.9. The highest BCUT2D eigenvalue weighted by atomic mass is 16.2. The molecule has 1 rings (SSSR count). The third kappa shape index (κ3) is 10.3. The van der Waals surface area contributed by atoms with Gasteiger partial charge in [-0.3, -0.25) is 19.5 Å². The highest BCUT2D eigenvalue weighted by molar-refractivity contribution is 6.04. The third-order valence-electron chi connectivity index (χ3n) is 6.15. The molecule has 0 bridgehead atoms. The summed E-state index contributed by atoms with van der Waals surface area (Å²) in [5.41, 5.74) is 0. The maximum atomic E-state index is 13.2. The lowest BCUT2D eigenvalue weighted by molar-refractivity contribution is -0.130. The molecule has 0 aliphatic carbocycles. The van der Waals surface area contributed by atoms with Crippen LogP contribution in [0.1, 0.15) is 92.4 Å². The molecule has 1 atom stereocenters. The van der Waals surface area contributed by atoms with Crippen molar-refractivity contribution < 1.29 is 9.59 Å². The first-order chi connectivity index (χ1) is 14.7. The fraction of sp³-hybridized carbons (Fsp3) is 0.920. The summed E-state index contributed by atoms with van der Waals surface area (Å²) in [4.78, 5) is 34.1. The number of urea groups is 1. The van der Waals surface area contributed by atoms with Crippen LogP contribution in [0.4, 0.5) is 4.79 Å². The Bertz CT molecular complexity index is 524. The van der Waals surface area contributed by atoms with Gasteiger partial charge in [0.1, 0.15) is 6.04 Å². The van der Waals surface area contributed by atoms with Crippen molar-refractivity contribution in [3.05, 3.63) is 0 Å². The molecule has 6 heteroatoms. The number of rotatable bonds is 17. The Morgan fingerprint density at radius 1 is 0.806 bits per heavy atom. The van der Waals surface area contributed by atoms with E-state index in [2.05, 4.69) is 51.5 Å². The van der Waals surface area contributed by atoms with Crippen LogP contribution in [0.15, 0.2) is 0 Å². The summed E-state index contributed by atoms with van der Waals surface area (Å²) in [5.74, 6) is 1.36. The Morgan fingerprint density at radius 3 is 1.87 bits per heavy atom. The number of unbranched alkanes of at least 4 members (excludes halogenated alkanes) is 3. The van der Waals surface area contributed by atoms with Crippen molar-refractivity contribution in [2.24, 2.45) is 11.8 Å². The number of imide groups is 1. The quantitative estimate of drug-likeness (QED) is 0.230. The van der Waals surface area contributed by atoms with E-state index < -0.39 is 0 Å². The minimum absolute atomic E-state index is 0.00668. The minimum Gasteiger partial charge on any atom is -0.299 e. The number of carbonyl (C=O) groups excluding carboxylic acids is 2. The van der Waals surface area contributed by atoms with Crippen molar-refractivity contribution in [2.75, 3.05) is 40.5 Å². The monoisotopic (exact) mass is 438 g/mol. The van der Waals surface area contributed by atoms with E-state index in [4.69, 9.17) is 0 Å². The number of hydrogen-bond acceptors (Lipinski definition) is 4. The van der Waals surface area contributed by atoms with Gasteiger partial charge in [-0.2, -0.15) is 0 Å². The van der Waals surface area contributed by atoms with E-state index in [1.165, 1.54) is 30.6 Å². The number of hydrogen-bond donors (Lipinski definition) is 0. The van der Waals surface area contributed by atoms with E-state index in [9.17, 15) is 9.59 Å². The van der Waals surface area contributed by atoms with Crippen LogP contribution in [-0.2, 0) is 4.79 Å². The predicted octanol–water partition coefficient (Wildman–Crippen LogP) is 5.24. The molecule has 0 spiro atoms. The van der Waals surface area contributed by atoms with Crippen LogP contribution >= 0.6 is 0 Å². The Labute approximate surface area is 192 Å². The molecule has 3 amide bonds. The molecule has 0 saturated carbocycles. The second-order valence-electron chi connectivity index (χ2n) is 10.4. The topological polar surface area (TPSA) is 47.1 Å². The normalized spacial score (nSPS) is 17.5. The minimum atomic E-state index is -0.305. The average Bonchev–Trinajstić information content (AvgIpc) is 2.89. The molecule has 182 valence electrons. The molecule has 1 aliphatic rings. The zero-order valence-electron chi connectivity index (χ0n) is 21.5. The van der Waals surface area contributed by atoms with Crippen LogP contribution in [0.25, 0.3) is 0 Å². The maximum absolute atomic E-state index is 13.2. The van der Waals surface area contributed by atoms with Crippen LogP contribution in [0.3, 0.4) is 0 Å². The fourth-order valence-corrected chi connectivity index (χ4v) is 4.21. The van der Waals surface area contributed by atoms with Crippen molar-refractivity contribution in [3.8, 4) is 0 Å². The lowest BCUT2D eigenvalue weighted by Gasteiger charge is -2.28. The standard InChI is InChI=1S/C25H50N4O2/c1-8-9-10-11-16-23-24(30)29(20-27(7)18-13-15-22(4)5)25(31)28(23)19-26(6)17-12-14-21(2)3/h21-23H,8-20H2,1-7H3. The molecular formula is C25H50N4O2. The van der Waals surface area contributed by atoms with Crippen LogP contribution in [0.5, 0.6) is 0 Å². The van der Waals surface area contributed by atoms with Crippen LogP contribution in [0.2, 0.25) is 0 Å². The molecule has 6 nitrogen and oxygen atoms in total. The first-order valence-electron chi connectivity index (χ1n) is 12.7. The lowest BCUT2D eigenvalue weighted by Crippen LogP contribution is -2.44. The van der Waals surface area contributed by atoms with Gasteiger partial charge in [-0.15, -0.1) is 0 Å². The molecule has 1 fully saturated rings. The van der Waals surface area contributed by atoms with Gasteiger partial charge in [-0.1, -0.05) is 60.3 Å². The van der Waals surface area contributed by atoms with Gasteiger partial charge in [0.15, 0.2) is 0 Å². The van der Waals surface area contributed by atoms with Crippen LogP contribution < -0.4 is 0 Å². The van der Waals surface area contributed by atoms with Gasteiger partial charge < -0.3 is 0 Å². The Hall–Kier alpha value is -1.14. The summed E-state index contributed by atoms with van der Waals surface area (Å²) in [5, 5.41) is 0. The first-order valence-corrected chi connectivity index (χ1v) is 12.7. The Morgan fingerprint density at radius 2 is 1.35 bits per heavy atom. The highest BCUT2D eigenvalue weighted by Crippen LogP contribution is 2.23. The molecule has 0 aromatic carbocycles. The molecule has 1 aliphatic heterocycles. The number of nitrogens with zero attached hydrogens (tertiary/aromatic N) is 4. The second kappa shape index (κ2) is 14.8. The summed E-state index contributed by atoms with van der Waals surface area (Å²) in [6.45, 7) is 13.9. The predicted molar refractivity (Wildman–Crippen MR) is 130 cm³/mol. The molecule has 31 heavy (non-hydrogen) atoms. The Kier molecular flexibility index (Phi) is 13.3. The molecule has 0 aromatic rings. The summed E-state index contributed by atoms with van der Waals surface area (Å²) < 4.78 is 0.